The monoisotopic (exact) mass is 277 g/mol. The normalized spacial score (nSPS) is 11.3. The minimum Gasteiger partial charge on any atom is -0.491 e. The molecule has 0 saturated carbocycles. The Balaban J connectivity index is 3.13. The predicted molar refractivity (Wildman–Crippen MR) is 77.8 cm³/mol. The van der Waals surface area contributed by atoms with Crippen molar-refractivity contribution in [3.63, 3.8) is 0 Å². The van der Waals surface area contributed by atoms with Gasteiger partial charge in [-0.15, -0.1) is 4.91 Å². The topological polar surface area (TPSA) is 65.0 Å². The molecule has 0 radical (unpaired) electrons. The van der Waals surface area contributed by atoms with Gasteiger partial charge in [-0.3, -0.25) is 4.79 Å². The summed E-state index contributed by atoms with van der Waals surface area (Å²) in [6.07, 6.45) is 1.60. The van der Waals surface area contributed by atoms with Crippen molar-refractivity contribution in [2.75, 3.05) is 6.61 Å². The Morgan fingerprint density at radius 3 is 2.45 bits per heavy atom. The fourth-order valence-electron chi connectivity index (χ4n) is 1.60. The highest BCUT2D eigenvalue weighted by Gasteiger charge is 2.09. The van der Waals surface area contributed by atoms with Gasteiger partial charge in [-0.05, 0) is 45.0 Å². The van der Waals surface area contributed by atoms with Crippen molar-refractivity contribution in [2.24, 2.45) is 5.18 Å². The third-order valence-corrected chi connectivity index (χ3v) is 2.36. The van der Waals surface area contributed by atoms with Gasteiger partial charge in [0, 0.05) is 11.6 Å². The maximum absolute atomic E-state index is 11.0. The van der Waals surface area contributed by atoms with E-state index in [0.717, 1.165) is 0 Å². The standard InChI is InChI=1S/C15H19NO4/c1-5-15(16-18)12-6-13(19-9-11(4)17)8-14(7-12)20-10(2)3/h5-8,10H,9H2,1-4H3/b15-5+. The molecular weight excluding hydrogens is 258 g/mol. The highest BCUT2D eigenvalue weighted by Crippen LogP contribution is 2.28. The number of carbonyl (C=O) groups excluding carboxylic acids is 1. The second kappa shape index (κ2) is 7.43. The molecule has 0 heterocycles. The van der Waals surface area contributed by atoms with E-state index in [1.54, 1.807) is 31.2 Å². The number of allylic oxidation sites excluding steroid dienone is 1. The summed E-state index contributed by atoms with van der Waals surface area (Å²) in [6.45, 7) is 6.95. The molecule has 0 fully saturated rings. The Kier molecular flexibility index (Phi) is 5.90. The van der Waals surface area contributed by atoms with Gasteiger partial charge in [0.15, 0.2) is 5.78 Å². The van der Waals surface area contributed by atoms with Crippen molar-refractivity contribution in [1.82, 2.24) is 0 Å². The number of benzene rings is 1. The highest BCUT2D eigenvalue weighted by molar-refractivity contribution is 5.77. The molecule has 5 heteroatoms. The van der Waals surface area contributed by atoms with Gasteiger partial charge >= 0.3 is 0 Å². The van der Waals surface area contributed by atoms with Crippen LogP contribution in [0.4, 0.5) is 0 Å². The maximum atomic E-state index is 11.0. The van der Waals surface area contributed by atoms with Gasteiger partial charge in [0.05, 0.1) is 6.10 Å². The number of nitrogens with zero attached hydrogens (tertiary/aromatic N) is 1. The lowest BCUT2D eigenvalue weighted by Gasteiger charge is -2.13. The fraction of sp³-hybridized carbons (Fsp3) is 0.400. The minimum absolute atomic E-state index is 0.0100. The molecule has 1 aromatic rings. The van der Waals surface area contributed by atoms with Crippen LogP contribution in [0.1, 0.15) is 33.3 Å². The minimum atomic E-state index is -0.0819. The summed E-state index contributed by atoms with van der Waals surface area (Å²) in [5.41, 5.74) is 0.895. The molecule has 0 spiro atoms. The van der Waals surface area contributed by atoms with E-state index in [1.165, 1.54) is 6.92 Å². The van der Waals surface area contributed by atoms with E-state index >= 15 is 0 Å². The number of ether oxygens (including phenoxy) is 2. The molecule has 0 aliphatic carbocycles. The Labute approximate surface area is 118 Å². The molecule has 20 heavy (non-hydrogen) atoms. The zero-order chi connectivity index (χ0) is 15.1. The first-order valence-electron chi connectivity index (χ1n) is 6.40. The lowest BCUT2D eigenvalue weighted by Crippen LogP contribution is -2.08. The summed E-state index contributed by atoms with van der Waals surface area (Å²) >= 11 is 0. The number of carbonyl (C=O) groups is 1. The quantitative estimate of drug-likeness (QED) is 0.715. The van der Waals surface area contributed by atoms with Crippen LogP contribution in [0.15, 0.2) is 29.5 Å². The third-order valence-electron chi connectivity index (χ3n) is 2.36. The maximum Gasteiger partial charge on any atom is 0.167 e. The van der Waals surface area contributed by atoms with Gasteiger partial charge in [-0.25, -0.2) is 0 Å². The van der Waals surface area contributed by atoms with Crippen molar-refractivity contribution in [3.8, 4) is 11.5 Å². The lowest BCUT2D eigenvalue weighted by atomic mass is 10.1. The molecule has 0 aliphatic rings. The highest BCUT2D eigenvalue weighted by atomic mass is 16.5. The van der Waals surface area contributed by atoms with Gasteiger partial charge in [0.2, 0.25) is 0 Å². The zero-order valence-electron chi connectivity index (χ0n) is 12.2. The molecule has 0 aliphatic heterocycles. The van der Waals surface area contributed by atoms with Crippen molar-refractivity contribution < 1.29 is 14.3 Å². The van der Waals surface area contributed by atoms with E-state index < -0.39 is 0 Å². The molecule has 0 bridgehead atoms. The largest absolute Gasteiger partial charge is 0.491 e. The Hall–Kier alpha value is -2.17. The fourth-order valence-corrected chi connectivity index (χ4v) is 1.60. The molecule has 0 N–H and O–H groups in total. The van der Waals surface area contributed by atoms with E-state index in [2.05, 4.69) is 5.18 Å². The summed E-state index contributed by atoms with van der Waals surface area (Å²) in [6, 6.07) is 5.06. The molecule has 5 nitrogen and oxygen atoms in total. The SMILES string of the molecule is C/C=C(/N=O)c1cc(OCC(C)=O)cc(OC(C)C)c1. The first-order chi connectivity index (χ1) is 9.46. The number of nitroso groups, excluding NO2 is 1. The van der Waals surface area contributed by atoms with Crippen LogP contribution in [0.2, 0.25) is 0 Å². The number of hydrogen-bond acceptors (Lipinski definition) is 5. The summed E-state index contributed by atoms with van der Waals surface area (Å²) in [5.74, 6) is 0.955. The first kappa shape index (κ1) is 15.9. The molecule has 0 saturated heterocycles. The van der Waals surface area contributed by atoms with Crippen molar-refractivity contribution in [2.45, 2.75) is 33.8 Å². The molecule has 0 aromatic heterocycles. The predicted octanol–water partition coefficient (Wildman–Crippen LogP) is 3.57. The number of Topliss-reactive ketones (excluding diaryl/α,β-unsaturated/α-hetero) is 1. The van der Waals surface area contributed by atoms with Crippen LogP contribution >= 0.6 is 0 Å². The van der Waals surface area contributed by atoms with Gasteiger partial charge < -0.3 is 9.47 Å². The number of rotatable bonds is 7. The average Bonchev–Trinajstić information content (AvgIpc) is 2.37. The molecule has 0 amide bonds. The Bertz CT molecular complexity index is 521. The van der Waals surface area contributed by atoms with E-state index in [4.69, 9.17) is 9.47 Å². The van der Waals surface area contributed by atoms with Gasteiger partial charge in [-0.2, -0.15) is 0 Å². The van der Waals surface area contributed by atoms with E-state index in [9.17, 15) is 9.70 Å². The van der Waals surface area contributed by atoms with E-state index in [0.29, 0.717) is 22.8 Å². The van der Waals surface area contributed by atoms with Gasteiger partial charge in [0.1, 0.15) is 23.8 Å². The second-order valence-electron chi connectivity index (χ2n) is 4.62. The molecule has 0 atom stereocenters. The third kappa shape index (κ3) is 4.84. The zero-order valence-corrected chi connectivity index (χ0v) is 12.2. The van der Waals surface area contributed by atoms with Crippen molar-refractivity contribution in [3.05, 3.63) is 34.7 Å². The Morgan fingerprint density at radius 2 is 1.95 bits per heavy atom. The summed E-state index contributed by atoms with van der Waals surface area (Å²) in [7, 11) is 0. The molecule has 1 rings (SSSR count). The van der Waals surface area contributed by atoms with Crippen LogP contribution in [0.5, 0.6) is 11.5 Å². The molecule has 108 valence electrons. The van der Waals surface area contributed by atoms with Crippen LogP contribution in [-0.2, 0) is 4.79 Å². The van der Waals surface area contributed by atoms with Crippen LogP contribution in [-0.4, -0.2) is 18.5 Å². The number of ketones is 1. The first-order valence-corrected chi connectivity index (χ1v) is 6.40. The molecular formula is C15H19NO4. The van der Waals surface area contributed by atoms with Crippen LogP contribution in [0.3, 0.4) is 0 Å². The summed E-state index contributed by atoms with van der Waals surface area (Å²) in [5, 5.41) is 2.97. The summed E-state index contributed by atoms with van der Waals surface area (Å²) in [4.78, 5) is 21.8. The van der Waals surface area contributed by atoms with Crippen molar-refractivity contribution in [1.29, 1.82) is 0 Å². The van der Waals surface area contributed by atoms with Crippen LogP contribution in [0, 0.1) is 4.91 Å². The molecule has 1 aromatic carbocycles. The Morgan fingerprint density at radius 1 is 1.30 bits per heavy atom. The lowest BCUT2D eigenvalue weighted by molar-refractivity contribution is -0.118. The van der Waals surface area contributed by atoms with E-state index in [1.807, 2.05) is 13.8 Å². The van der Waals surface area contributed by atoms with Crippen molar-refractivity contribution >= 4 is 11.5 Å². The van der Waals surface area contributed by atoms with Crippen LogP contribution < -0.4 is 9.47 Å². The van der Waals surface area contributed by atoms with Crippen LogP contribution in [0.25, 0.3) is 5.70 Å². The van der Waals surface area contributed by atoms with Gasteiger partial charge in [-0.1, -0.05) is 6.08 Å². The van der Waals surface area contributed by atoms with E-state index in [-0.39, 0.29) is 18.5 Å². The smallest absolute Gasteiger partial charge is 0.167 e. The number of hydrogen-bond donors (Lipinski definition) is 0. The summed E-state index contributed by atoms with van der Waals surface area (Å²) < 4.78 is 11.0. The van der Waals surface area contributed by atoms with Gasteiger partial charge in [0.25, 0.3) is 0 Å². The average molecular weight is 277 g/mol. The molecule has 0 unspecified atom stereocenters. The second-order valence-corrected chi connectivity index (χ2v) is 4.62.